The SMILES string of the molecule is CN1c2ccc(N)cc2CCCC1C=O. The van der Waals surface area contributed by atoms with Crippen molar-refractivity contribution in [2.24, 2.45) is 0 Å². The highest BCUT2D eigenvalue weighted by molar-refractivity contribution is 5.69. The molecule has 1 heterocycles. The number of carbonyl (C=O) groups excluding carboxylic acids is 1. The predicted octanol–water partition coefficient (Wildman–Crippen LogP) is 1.61. The lowest BCUT2D eigenvalue weighted by molar-refractivity contribution is -0.109. The Morgan fingerprint density at radius 1 is 1.53 bits per heavy atom. The van der Waals surface area contributed by atoms with Gasteiger partial charge >= 0.3 is 0 Å². The average molecular weight is 204 g/mol. The maximum atomic E-state index is 10.9. The molecule has 1 aromatic rings. The fourth-order valence-electron chi connectivity index (χ4n) is 2.18. The van der Waals surface area contributed by atoms with Gasteiger partial charge in [-0.1, -0.05) is 0 Å². The summed E-state index contributed by atoms with van der Waals surface area (Å²) < 4.78 is 0. The molecule has 0 fully saturated rings. The van der Waals surface area contributed by atoms with Gasteiger partial charge in [0.05, 0.1) is 6.04 Å². The molecular weight excluding hydrogens is 188 g/mol. The van der Waals surface area contributed by atoms with Crippen molar-refractivity contribution in [3.8, 4) is 0 Å². The number of aryl methyl sites for hydroxylation is 1. The van der Waals surface area contributed by atoms with Crippen LogP contribution < -0.4 is 10.6 Å². The maximum Gasteiger partial charge on any atom is 0.142 e. The first-order valence-corrected chi connectivity index (χ1v) is 5.29. The van der Waals surface area contributed by atoms with E-state index < -0.39 is 0 Å². The van der Waals surface area contributed by atoms with E-state index in [9.17, 15) is 4.79 Å². The second-order valence-corrected chi connectivity index (χ2v) is 4.09. The number of carbonyl (C=O) groups is 1. The number of nitrogen functional groups attached to an aromatic ring is 1. The number of hydrogen-bond donors (Lipinski definition) is 1. The molecule has 0 amide bonds. The van der Waals surface area contributed by atoms with E-state index >= 15 is 0 Å². The third-order valence-corrected chi connectivity index (χ3v) is 3.08. The largest absolute Gasteiger partial charge is 0.399 e. The first kappa shape index (κ1) is 10.0. The molecule has 1 aliphatic rings. The Morgan fingerprint density at radius 3 is 3.07 bits per heavy atom. The van der Waals surface area contributed by atoms with Gasteiger partial charge in [-0.3, -0.25) is 0 Å². The van der Waals surface area contributed by atoms with Gasteiger partial charge in [-0.15, -0.1) is 0 Å². The van der Waals surface area contributed by atoms with Crippen LogP contribution in [0.25, 0.3) is 0 Å². The van der Waals surface area contributed by atoms with Gasteiger partial charge < -0.3 is 15.4 Å². The van der Waals surface area contributed by atoms with Gasteiger partial charge in [-0.05, 0) is 43.0 Å². The number of aldehydes is 1. The van der Waals surface area contributed by atoms with Gasteiger partial charge in [0.1, 0.15) is 6.29 Å². The lowest BCUT2D eigenvalue weighted by Gasteiger charge is -2.25. The highest BCUT2D eigenvalue weighted by Crippen LogP contribution is 2.29. The molecule has 0 spiro atoms. The van der Waals surface area contributed by atoms with Crippen LogP contribution in [-0.4, -0.2) is 19.4 Å². The Balaban J connectivity index is 2.42. The maximum absolute atomic E-state index is 10.9. The molecule has 0 bridgehead atoms. The lowest BCUT2D eigenvalue weighted by atomic mass is 10.1. The van der Waals surface area contributed by atoms with Crippen molar-refractivity contribution >= 4 is 17.7 Å². The first-order chi connectivity index (χ1) is 7.22. The zero-order valence-corrected chi connectivity index (χ0v) is 8.94. The van der Waals surface area contributed by atoms with Crippen molar-refractivity contribution < 1.29 is 4.79 Å². The van der Waals surface area contributed by atoms with Crippen molar-refractivity contribution in [2.75, 3.05) is 17.7 Å². The second kappa shape index (κ2) is 3.93. The molecule has 0 radical (unpaired) electrons. The van der Waals surface area contributed by atoms with Crippen LogP contribution in [0.3, 0.4) is 0 Å². The van der Waals surface area contributed by atoms with Crippen molar-refractivity contribution in [1.82, 2.24) is 0 Å². The van der Waals surface area contributed by atoms with Crippen LogP contribution in [-0.2, 0) is 11.2 Å². The molecule has 2 N–H and O–H groups in total. The van der Waals surface area contributed by atoms with Gasteiger partial charge in [0.25, 0.3) is 0 Å². The van der Waals surface area contributed by atoms with Crippen LogP contribution in [0.4, 0.5) is 11.4 Å². The minimum atomic E-state index is 0.00914. The van der Waals surface area contributed by atoms with E-state index in [-0.39, 0.29) is 6.04 Å². The highest BCUT2D eigenvalue weighted by atomic mass is 16.1. The van der Waals surface area contributed by atoms with Gasteiger partial charge in [-0.25, -0.2) is 0 Å². The predicted molar refractivity (Wildman–Crippen MR) is 62.0 cm³/mol. The summed E-state index contributed by atoms with van der Waals surface area (Å²) in [5.41, 5.74) is 8.94. The molecule has 0 aromatic heterocycles. The highest BCUT2D eigenvalue weighted by Gasteiger charge is 2.20. The molecule has 1 aromatic carbocycles. The quantitative estimate of drug-likeness (QED) is 0.558. The summed E-state index contributed by atoms with van der Waals surface area (Å²) in [6, 6.07) is 5.92. The van der Waals surface area contributed by atoms with E-state index in [1.54, 1.807) is 0 Å². The van der Waals surface area contributed by atoms with Crippen molar-refractivity contribution in [2.45, 2.75) is 25.3 Å². The third-order valence-electron chi connectivity index (χ3n) is 3.08. The number of anilines is 2. The summed E-state index contributed by atoms with van der Waals surface area (Å²) in [5, 5.41) is 0. The van der Waals surface area contributed by atoms with Crippen molar-refractivity contribution in [3.63, 3.8) is 0 Å². The monoisotopic (exact) mass is 204 g/mol. The number of fused-ring (bicyclic) bond motifs is 1. The minimum absolute atomic E-state index is 0.00914. The van der Waals surface area contributed by atoms with E-state index in [0.717, 1.165) is 36.9 Å². The molecule has 1 aliphatic heterocycles. The topological polar surface area (TPSA) is 46.3 Å². The van der Waals surface area contributed by atoms with Crippen LogP contribution in [0.2, 0.25) is 0 Å². The number of hydrogen-bond acceptors (Lipinski definition) is 3. The van der Waals surface area contributed by atoms with Crippen LogP contribution in [0, 0.1) is 0 Å². The smallest absolute Gasteiger partial charge is 0.142 e. The van der Waals surface area contributed by atoms with E-state index in [2.05, 4.69) is 4.90 Å². The molecule has 15 heavy (non-hydrogen) atoms. The fraction of sp³-hybridized carbons (Fsp3) is 0.417. The summed E-state index contributed by atoms with van der Waals surface area (Å²) in [4.78, 5) is 13.0. The Hall–Kier alpha value is -1.51. The normalized spacial score (nSPS) is 20.6. The summed E-state index contributed by atoms with van der Waals surface area (Å²) in [6.07, 6.45) is 4.01. The molecular formula is C12H16N2O. The van der Waals surface area contributed by atoms with E-state index in [4.69, 9.17) is 5.73 Å². The number of nitrogens with zero attached hydrogens (tertiary/aromatic N) is 1. The summed E-state index contributed by atoms with van der Waals surface area (Å²) in [7, 11) is 1.97. The molecule has 2 rings (SSSR count). The van der Waals surface area contributed by atoms with Gasteiger partial charge in [0.15, 0.2) is 0 Å². The molecule has 80 valence electrons. The van der Waals surface area contributed by atoms with E-state index in [1.807, 2.05) is 25.2 Å². The second-order valence-electron chi connectivity index (χ2n) is 4.09. The number of likely N-dealkylation sites (N-methyl/N-ethyl adjacent to an activating group) is 1. The summed E-state index contributed by atoms with van der Waals surface area (Å²) >= 11 is 0. The zero-order valence-electron chi connectivity index (χ0n) is 8.94. The van der Waals surface area contributed by atoms with Gasteiger partial charge in [-0.2, -0.15) is 0 Å². The fourth-order valence-corrected chi connectivity index (χ4v) is 2.18. The van der Waals surface area contributed by atoms with Crippen LogP contribution >= 0.6 is 0 Å². The summed E-state index contributed by atoms with van der Waals surface area (Å²) in [6.45, 7) is 0. The number of rotatable bonds is 1. The Labute approximate surface area is 89.9 Å². The van der Waals surface area contributed by atoms with Crippen LogP contribution in [0.5, 0.6) is 0 Å². The standard InChI is InChI=1S/C12H16N2O/c1-14-11(8-15)4-2-3-9-7-10(13)5-6-12(9)14/h5-8,11H,2-4,13H2,1H3. The van der Waals surface area contributed by atoms with Crippen LogP contribution in [0.1, 0.15) is 18.4 Å². The third kappa shape index (κ3) is 1.82. The van der Waals surface area contributed by atoms with Crippen molar-refractivity contribution in [1.29, 1.82) is 0 Å². The molecule has 3 nitrogen and oxygen atoms in total. The van der Waals surface area contributed by atoms with Gasteiger partial charge in [0.2, 0.25) is 0 Å². The molecule has 0 saturated carbocycles. The molecule has 0 saturated heterocycles. The Kier molecular flexibility index (Phi) is 2.62. The van der Waals surface area contributed by atoms with Gasteiger partial charge in [0, 0.05) is 18.4 Å². The van der Waals surface area contributed by atoms with E-state index in [1.165, 1.54) is 5.56 Å². The first-order valence-electron chi connectivity index (χ1n) is 5.29. The molecule has 3 heteroatoms. The number of benzene rings is 1. The Bertz CT molecular complexity index is 376. The molecule has 1 atom stereocenters. The molecule has 1 unspecified atom stereocenters. The summed E-state index contributed by atoms with van der Waals surface area (Å²) in [5.74, 6) is 0. The van der Waals surface area contributed by atoms with Crippen molar-refractivity contribution in [3.05, 3.63) is 23.8 Å². The number of nitrogens with two attached hydrogens (primary N) is 1. The average Bonchev–Trinajstić information content (AvgIpc) is 2.37. The Morgan fingerprint density at radius 2 is 2.33 bits per heavy atom. The lowest BCUT2D eigenvalue weighted by Crippen LogP contribution is -2.32. The van der Waals surface area contributed by atoms with Crippen LogP contribution in [0.15, 0.2) is 18.2 Å². The molecule has 0 aliphatic carbocycles. The van der Waals surface area contributed by atoms with E-state index in [0.29, 0.717) is 0 Å². The zero-order chi connectivity index (χ0) is 10.8. The minimum Gasteiger partial charge on any atom is -0.399 e.